The van der Waals surface area contributed by atoms with Crippen molar-refractivity contribution < 1.29 is 22.7 Å². The Kier molecular flexibility index (Phi) is 4.30. The Morgan fingerprint density at radius 1 is 1.27 bits per heavy atom. The molecule has 0 N–H and O–H groups in total. The van der Waals surface area contributed by atoms with E-state index in [-0.39, 0.29) is 29.6 Å². The van der Waals surface area contributed by atoms with Gasteiger partial charge in [-0.1, -0.05) is 0 Å². The molecule has 1 aliphatic heterocycles. The van der Waals surface area contributed by atoms with Gasteiger partial charge in [0.05, 0.1) is 13.7 Å². The molecular formula is C13H19N3O5S. The van der Waals surface area contributed by atoms with Crippen molar-refractivity contribution in [3.63, 3.8) is 0 Å². The van der Waals surface area contributed by atoms with Gasteiger partial charge in [-0.2, -0.15) is 4.31 Å². The van der Waals surface area contributed by atoms with E-state index in [0.717, 1.165) is 4.31 Å². The molecule has 9 heteroatoms. The zero-order valence-corrected chi connectivity index (χ0v) is 13.8. The quantitative estimate of drug-likeness (QED) is 0.703. The first-order valence-electron chi connectivity index (χ1n) is 6.69. The second kappa shape index (κ2) is 5.73. The third-order valence-corrected chi connectivity index (χ3v) is 5.88. The molecule has 8 nitrogen and oxygen atoms in total. The lowest BCUT2D eigenvalue weighted by Gasteiger charge is -2.31. The standard InChI is InChI=1S/C13H19N3O5S/c1-9-11(7-10(15(9)3)13(18)21-4)22(19,20)16-6-5-14(2)12(17)8-16/h7H,5-6,8H2,1-4H3. The molecule has 2 rings (SSSR count). The normalized spacial score (nSPS) is 16.9. The Balaban J connectivity index is 2.42. The van der Waals surface area contributed by atoms with Crippen molar-refractivity contribution in [2.24, 2.45) is 7.05 Å². The number of esters is 1. The molecule has 0 spiro atoms. The van der Waals surface area contributed by atoms with Crippen LogP contribution in [0.1, 0.15) is 16.2 Å². The molecule has 1 aromatic rings. The van der Waals surface area contributed by atoms with E-state index in [4.69, 9.17) is 0 Å². The van der Waals surface area contributed by atoms with Gasteiger partial charge < -0.3 is 14.2 Å². The fourth-order valence-corrected chi connectivity index (χ4v) is 3.97. The molecule has 2 heterocycles. The van der Waals surface area contributed by atoms with E-state index in [1.165, 1.54) is 22.6 Å². The summed E-state index contributed by atoms with van der Waals surface area (Å²) in [4.78, 5) is 24.9. The van der Waals surface area contributed by atoms with E-state index >= 15 is 0 Å². The Morgan fingerprint density at radius 2 is 1.91 bits per heavy atom. The lowest BCUT2D eigenvalue weighted by molar-refractivity contribution is -0.132. The minimum atomic E-state index is -3.84. The van der Waals surface area contributed by atoms with E-state index in [2.05, 4.69) is 4.74 Å². The summed E-state index contributed by atoms with van der Waals surface area (Å²) in [5.74, 6) is -0.863. The summed E-state index contributed by atoms with van der Waals surface area (Å²) < 4.78 is 32.7. The average molecular weight is 329 g/mol. The number of amides is 1. The number of piperazine rings is 1. The first-order valence-corrected chi connectivity index (χ1v) is 8.13. The number of rotatable bonds is 3. The summed E-state index contributed by atoms with van der Waals surface area (Å²) >= 11 is 0. The van der Waals surface area contributed by atoms with Crippen molar-refractivity contribution in [3.05, 3.63) is 17.5 Å². The van der Waals surface area contributed by atoms with Crippen molar-refractivity contribution in [2.45, 2.75) is 11.8 Å². The molecule has 1 fully saturated rings. The Morgan fingerprint density at radius 3 is 2.45 bits per heavy atom. The summed E-state index contributed by atoms with van der Waals surface area (Å²) in [6, 6.07) is 1.29. The van der Waals surface area contributed by atoms with Gasteiger partial charge in [-0.25, -0.2) is 13.2 Å². The van der Waals surface area contributed by atoms with Gasteiger partial charge in [-0.15, -0.1) is 0 Å². The highest BCUT2D eigenvalue weighted by molar-refractivity contribution is 7.89. The molecule has 0 radical (unpaired) electrons. The highest BCUT2D eigenvalue weighted by Crippen LogP contribution is 2.24. The number of hydrogen-bond acceptors (Lipinski definition) is 5. The largest absolute Gasteiger partial charge is 0.464 e. The number of hydrogen-bond donors (Lipinski definition) is 0. The van der Waals surface area contributed by atoms with Crippen LogP contribution in [0.4, 0.5) is 0 Å². The number of aromatic nitrogens is 1. The zero-order chi connectivity index (χ0) is 16.7. The number of methoxy groups -OCH3 is 1. The molecule has 0 aromatic carbocycles. The van der Waals surface area contributed by atoms with E-state index in [1.807, 2.05) is 0 Å². The van der Waals surface area contributed by atoms with Crippen LogP contribution in [0.25, 0.3) is 0 Å². The topological polar surface area (TPSA) is 88.9 Å². The minimum absolute atomic E-state index is 0.0211. The van der Waals surface area contributed by atoms with Crippen molar-refractivity contribution in [3.8, 4) is 0 Å². The van der Waals surface area contributed by atoms with Crippen molar-refractivity contribution in [1.29, 1.82) is 0 Å². The third-order valence-electron chi connectivity index (χ3n) is 3.92. The molecule has 1 aliphatic rings. The van der Waals surface area contributed by atoms with Crippen LogP contribution in [0, 0.1) is 6.92 Å². The fourth-order valence-electron chi connectivity index (χ4n) is 2.31. The van der Waals surface area contributed by atoms with Gasteiger partial charge in [0, 0.05) is 32.9 Å². The Bertz CT molecular complexity index is 722. The summed E-state index contributed by atoms with van der Waals surface area (Å²) in [5, 5.41) is 0. The molecule has 0 saturated carbocycles. The van der Waals surface area contributed by atoms with Gasteiger partial charge in [0.1, 0.15) is 10.6 Å². The number of carbonyl (C=O) groups is 2. The molecule has 0 unspecified atom stereocenters. The van der Waals surface area contributed by atoms with Crippen LogP contribution in [0.15, 0.2) is 11.0 Å². The van der Waals surface area contributed by atoms with Crippen LogP contribution in [-0.4, -0.2) is 67.9 Å². The first-order chi connectivity index (χ1) is 10.2. The Hall–Kier alpha value is -1.87. The molecule has 0 atom stereocenters. The minimum Gasteiger partial charge on any atom is -0.464 e. The Labute approximate surface area is 129 Å². The second-order valence-electron chi connectivity index (χ2n) is 5.18. The van der Waals surface area contributed by atoms with E-state index in [1.54, 1.807) is 21.0 Å². The molecule has 122 valence electrons. The van der Waals surface area contributed by atoms with Crippen LogP contribution in [0.2, 0.25) is 0 Å². The molecule has 22 heavy (non-hydrogen) atoms. The first kappa shape index (κ1) is 16.5. The van der Waals surface area contributed by atoms with Crippen LogP contribution >= 0.6 is 0 Å². The third kappa shape index (κ3) is 2.61. The number of ether oxygens (including phenoxy) is 1. The number of likely N-dealkylation sites (N-methyl/N-ethyl adjacent to an activating group) is 1. The summed E-state index contributed by atoms with van der Waals surface area (Å²) in [5.41, 5.74) is 0.575. The van der Waals surface area contributed by atoms with E-state index in [9.17, 15) is 18.0 Å². The maximum atomic E-state index is 12.7. The number of sulfonamides is 1. The average Bonchev–Trinajstić information content (AvgIpc) is 2.78. The van der Waals surface area contributed by atoms with Crippen LogP contribution in [0.5, 0.6) is 0 Å². The fraction of sp³-hybridized carbons (Fsp3) is 0.538. The van der Waals surface area contributed by atoms with Crippen LogP contribution in [-0.2, 0) is 26.6 Å². The molecule has 0 aliphatic carbocycles. The van der Waals surface area contributed by atoms with Crippen molar-refractivity contribution in [2.75, 3.05) is 33.8 Å². The number of nitrogens with zero attached hydrogens (tertiary/aromatic N) is 3. The predicted octanol–water partition coefficient (Wildman–Crippen LogP) is -0.417. The highest BCUT2D eigenvalue weighted by Gasteiger charge is 2.34. The van der Waals surface area contributed by atoms with Crippen molar-refractivity contribution >= 4 is 21.9 Å². The lowest BCUT2D eigenvalue weighted by Crippen LogP contribution is -2.50. The molecular weight excluding hydrogens is 310 g/mol. The van der Waals surface area contributed by atoms with Gasteiger partial charge in [0.2, 0.25) is 15.9 Å². The number of carbonyl (C=O) groups excluding carboxylic acids is 2. The molecule has 1 amide bonds. The van der Waals surface area contributed by atoms with Gasteiger partial charge in [-0.3, -0.25) is 4.79 Å². The predicted molar refractivity (Wildman–Crippen MR) is 77.9 cm³/mol. The summed E-state index contributed by atoms with van der Waals surface area (Å²) in [7, 11) is 0.626. The summed E-state index contributed by atoms with van der Waals surface area (Å²) in [6.45, 7) is 1.98. The zero-order valence-electron chi connectivity index (χ0n) is 13.0. The van der Waals surface area contributed by atoms with Gasteiger partial charge >= 0.3 is 5.97 Å². The molecule has 1 saturated heterocycles. The maximum Gasteiger partial charge on any atom is 0.354 e. The SMILES string of the molecule is COC(=O)c1cc(S(=O)(=O)N2CCN(C)C(=O)C2)c(C)n1C. The van der Waals surface area contributed by atoms with Crippen molar-refractivity contribution in [1.82, 2.24) is 13.8 Å². The highest BCUT2D eigenvalue weighted by atomic mass is 32.2. The molecule has 0 bridgehead atoms. The van der Waals surface area contributed by atoms with Gasteiger partial charge in [0.25, 0.3) is 0 Å². The van der Waals surface area contributed by atoms with Crippen LogP contribution in [0.3, 0.4) is 0 Å². The summed E-state index contributed by atoms with van der Waals surface area (Å²) in [6.07, 6.45) is 0. The maximum absolute atomic E-state index is 12.7. The van der Waals surface area contributed by atoms with E-state index < -0.39 is 16.0 Å². The monoisotopic (exact) mass is 329 g/mol. The smallest absolute Gasteiger partial charge is 0.354 e. The van der Waals surface area contributed by atoms with E-state index in [0.29, 0.717) is 12.2 Å². The lowest BCUT2D eigenvalue weighted by atomic mass is 10.4. The molecule has 1 aromatic heterocycles. The van der Waals surface area contributed by atoms with Crippen LogP contribution < -0.4 is 0 Å². The van der Waals surface area contributed by atoms with Gasteiger partial charge in [0.15, 0.2) is 0 Å². The second-order valence-corrected chi connectivity index (χ2v) is 7.09. The van der Waals surface area contributed by atoms with Gasteiger partial charge in [-0.05, 0) is 13.0 Å².